The Bertz CT molecular complexity index is 256. The molecule has 1 atom stereocenters. The molecule has 1 unspecified atom stereocenters. The molecule has 0 amide bonds. The summed E-state index contributed by atoms with van der Waals surface area (Å²) in [5, 5.41) is 14.2. The fourth-order valence-corrected chi connectivity index (χ4v) is 0.987. The van der Waals surface area contributed by atoms with Gasteiger partial charge in [-0.15, -0.1) is 0 Å². The minimum atomic E-state index is -0.475. The molecule has 0 heterocycles. The maximum absolute atomic E-state index is 7.45. The molecule has 1 aliphatic carbocycles. The van der Waals surface area contributed by atoms with Crippen LogP contribution in [0.1, 0.15) is 0 Å². The van der Waals surface area contributed by atoms with Crippen LogP contribution in [0.25, 0.3) is 0 Å². The topological polar surface area (TPSA) is 66.2 Å². The van der Waals surface area contributed by atoms with Gasteiger partial charge in [0.1, 0.15) is 5.76 Å². The average molecular weight is 166 g/mol. The molecule has 0 saturated carbocycles. The van der Waals surface area contributed by atoms with Crippen molar-refractivity contribution in [3.63, 3.8) is 0 Å². The molecule has 0 aromatic carbocycles. The van der Waals surface area contributed by atoms with Crippen molar-refractivity contribution in [2.45, 2.75) is 6.10 Å². The summed E-state index contributed by atoms with van der Waals surface area (Å²) in [6.45, 7) is 0. The molecule has 0 aromatic heterocycles. The average Bonchev–Trinajstić information content (AvgIpc) is 2.05. The van der Waals surface area contributed by atoms with Gasteiger partial charge < -0.3 is 14.9 Å². The van der Waals surface area contributed by atoms with Crippen LogP contribution in [0.4, 0.5) is 0 Å². The Balaban J connectivity index is 2.80. The zero-order chi connectivity index (χ0) is 8.97. The van der Waals surface area contributed by atoms with E-state index in [-0.39, 0.29) is 0 Å². The van der Waals surface area contributed by atoms with Gasteiger partial charge in [-0.05, 0) is 12.2 Å². The van der Waals surface area contributed by atoms with Gasteiger partial charge in [0.05, 0.1) is 5.71 Å². The predicted molar refractivity (Wildman–Crippen MR) is 45.6 cm³/mol. The number of hydrogen-bond acceptors (Lipinski definition) is 4. The first-order chi connectivity index (χ1) is 5.79. The first-order valence-electron chi connectivity index (χ1n) is 3.44. The number of rotatable bonds is 3. The van der Waals surface area contributed by atoms with E-state index in [0.29, 0.717) is 11.5 Å². The van der Waals surface area contributed by atoms with Gasteiger partial charge in [0.15, 0.2) is 12.5 Å². The van der Waals surface area contributed by atoms with Crippen LogP contribution in [0.3, 0.4) is 0 Å². The molecule has 4 nitrogen and oxygen atoms in total. The van der Waals surface area contributed by atoms with Crippen LogP contribution in [-0.2, 0) is 9.47 Å². The number of hydrogen-bond donors (Lipinski definition) is 2. The molecule has 1 aliphatic rings. The van der Waals surface area contributed by atoms with Gasteiger partial charge in [-0.2, -0.15) is 0 Å². The van der Waals surface area contributed by atoms with Gasteiger partial charge >= 0.3 is 0 Å². The molecule has 12 heavy (non-hydrogen) atoms. The molecule has 2 N–H and O–H groups in total. The third kappa shape index (κ3) is 1.60. The van der Waals surface area contributed by atoms with Crippen LogP contribution in [-0.4, -0.2) is 25.3 Å². The smallest absolute Gasteiger partial charge is 0.173 e. The fourth-order valence-electron chi connectivity index (χ4n) is 0.987. The molecular formula is C8H10N2O2. The van der Waals surface area contributed by atoms with Crippen molar-refractivity contribution in [2.75, 3.05) is 7.11 Å². The quantitative estimate of drug-likeness (QED) is 0.487. The summed E-state index contributed by atoms with van der Waals surface area (Å²) in [6.07, 6.45) is 5.35. The summed E-state index contributed by atoms with van der Waals surface area (Å²) in [6, 6.07) is 0. The summed E-state index contributed by atoms with van der Waals surface area (Å²) in [4.78, 5) is 0. The molecule has 4 heteroatoms. The second kappa shape index (κ2) is 3.82. The molecule has 0 spiro atoms. The SMILES string of the molecule is COC1C(=N)C=CC=C1OC=N. The Morgan fingerprint density at radius 3 is 2.92 bits per heavy atom. The molecule has 0 aliphatic heterocycles. The predicted octanol–water partition coefficient (Wildman–Crippen LogP) is 1.10. The fraction of sp³-hybridized carbons (Fsp3) is 0.250. The van der Waals surface area contributed by atoms with Crippen molar-refractivity contribution in [1.82, 2.24) is 0 Å². The molecule has 0 saturated heterocycles. The third-order valence-corrected chi connectivity index (χ3v) is 1.51. The lowest BCUT2D eigenvalue weighted by Gasteiger charge is -2.18. The second-order valence-electron chi connectivity index (χ2n) is 2.23. The maximum atomic E-state index is 7.45. The Morgan fingerprint density at radius 2 is 2.33 bits per heavy atom. The lowest BCUT2D eigenvalue weighted by Crippen LogP contribution is -2.26. The van der Waals surface area contributed by atoms with E-state index in [1.54, 1.807) is 18.2 Å². The monoisotopic (exact) mass is 166 g/mol. The standard InChI is InChI=1S/C8H10N2O2/c1-11-8-6(10)3-2-4-7(8)12-5-9/h2-5,8-10H,1H3. The summed E-state index contributed by atoms with van der Waals surface area (Å²) in [5.74, 6) is 0.472. The highest BCUT2D eigenvalue weighted by molar-refractivity contribution is 5.99. The van der Waals surface area contributed by atoms with E-state index in [1.165, 1.54) is 7.11 Å². The highest BCUT2D eigenvalue weighted by Gasteiger charge is 2.20. The number of nitrogens with one attached hydrogen (secondary N) is 2. The highest BCUT2D eigenvalue weighted by Crippen LogP contribution is 2.13. The summed E-state index contributed by atoms with van der Waals surface area (Å²) in [7, 11) is 1.50. The minimum Gasteiger partial charge on any atom is -0.448 e. The first-order valence-corrected chi connectivity index (χ1v) is 3.44. The first kappa shape index (κ1) is 8.67. The van der Waals surface area contributed by atoms with Crippen molar-refractivity contribution in [2.24, 2.45) is 0 Å². The minimum absolute atomic E-state index is 0.330. The normalized spacial score (nSPS) is 21.9. The number of methoxy groups -OCH3 is 1. The van der Waals surface area contributed by atoms with E-state index >= 15 is 0 Å². The zero-order valence-electron chi connectivity index (χ0n) is 6.70. The van der Waals surface area contributed by atoms with Crippen LogP contribution in [0.15, 0.2) is 24.0 Å². The van der Waals surface area contributed by atoms with Crippen LogP contribution in [0.5, 0.6) is 0 Å². The third-order valence-electron chi connectivity index (χ3n) is 1.51. The molecule has 0 fully saturated rings. The zero-order valence-corrected chi connectivity index (χ0v) is 6.70. The van der Waals surface area contributed by atoms with Crippen LogP contribution in [0, 0.1) is 10.8 Å². The largest absolute Gasteiger partial charge is 0.448 e. The van der Waals surface area contributed by atoms with Gasteiger partial charge in [-0.1, -0.05) is 6.08 Å². The van der Waals surface area contributed by atoms with Gasteiger partial charge in [0, 0.05) is 7.11 Å². The summed E-state index contributed by atoms with van der Waals surface area (Å²) < 4.78 is 9.84. The van der Waals surface area contributed by atoms with Gasteiger partial charge in [-0.3, -0.25) is 5.41 Å². The van der Waals surface area contributed by atoms with Gasteiger partial charge in [0.2, 0.25) is 0 Å². The van der Waals surface area contributed by atoms with E-state index in [0.717, 1.165) is 6.40 Å². The lowest BCUT2D eigenvalue weighted by atomic mass is 10.1. The number of ether oxygens (including phenoxy) is 2. The van der Waals surface area contributed by atoms with Crippen molar-refractivity contribution >= 4 is 12.1 Å². The van der Waals surface area contributed by atoms with Gasteiger partial charge in [0.25, 0.3) is 0 Å². The van der Waals surface area contributed by atoms with Crippen LogP contribution < -0.4 is 0 Å². The molecule has 64 valence electrons. The maximum Gasteiger partial charge on any atom is 0.173 e. The second-order valence-corrected chi connectivity index (χ2v) is 2.23. The lowest BCUT2D eigenvalue weighted by molar-refractivity contribution is 0.145. The van der Waals surface area contributed by atoms with E-state index in [4.69, 9.17) is 20.3 Å². The van der Waals surface area contributed by atoms with E-state index in [2.05, 4.69) is 0 Å². The molecule has 0 radical (unpaired) electrons. The Hall–Kier alpha value is -1.42. The van der Waals surface area contributed by atoms with E-state index in [1.807, 2.05) is 0 Å². The molecular weight excluding hydrogens is 156 g/mol. The highest BCUT2D eigenvalue weighted by atomic mass is 16.5. The van der Waals surface area contributed by atoms with Crippen LogP contribution >= 0.6 is 0 Å². The molecule has 1 rings (SSSR count). The van der Waals surface area contributed by atoms with Crippen molar-refractivity contribution in [3.05, 3.63) is 24.0 Å². The summed E-state index contributed by atoms with van der Waals surface area (Å²) in [5.41, 5.74) is 0.330. The number of allylic oxidation sites excluding steroid dienone is 2. The van der Waals surface area contributed by atoms with E-state index in [9.17, 15) is 0 Å². The molecule has 0 bridgehead atoms. The van der Waals surface area contributed by atoms with Crippen molar-refractivity contribution in [1.29, 1.82) is 10.8 Å². The molecule has 0 aromatic rings. The van der Waals surface area contributed by atoms with E-state index < -0.39 is 6.10 Å². The Morgan fingerprint density at radius 1 is 1.58 bits per heavy atom. The summed E-state index contributed by atoms with van der Waals surface area (Å²) >= 11 is 0. The Labute approximate surface area is 70.5 Å². The van der Waals surface area contributed by atoms with Gasteiger partial charge in [-0.25, -0.2) is 0 Å². The van der Waals surface area contributed by atoms with Crippen molar-refractivity contribution in [3.8, 4) is 0 Å². The Kier molecular flexibility index (Phi) is 2.76. The van der Waals surface area contributed by atoms with Crippen molar-refractivity contribution < 1.29 is 9.47 Å². The van der Waals surface area contributed by atoms with Crippen LogP contribution in [0.2, 0.25) is 0 Å².